The molecule has 6 nitrogen and oxygen atoms in total. The molecule has 1 N–H and O–H groups in total. The van der Waals surface area contributed by atoms with Crippen molar-refractivity contribution in [3.63, 3.8) is 0 Å². The van der Waals surface area contributed by atoms with Crippen LogP contribution in [0.25, 0.3) is 0 Å². The van der Waals surface area contributed by atoms with Crippen LogP contribution in [0.1, 0.15) is 13.8 Å². The number of carbonyl (C=O) groups is 2. The van der Waals surface area contributed by atoms with Gasteiger partial charge in [0.1, 0.15) is 5.75 Å². The summed E-state index contributed by atoms with van der Waals surface area (Å²) in [6.45, 7) is 7.41. The van der Waals surface area contributed by atoms with E-state index in [4.69, 9.17) is 16.3 Å². The topological polar surface area (TPSA) is 61.9 Å². The monoisotopic (exact) mass is 337 g/mol. The Bertz CT molecular complexity index is 643. The number of halogens is 1. The minimum absolute atomic E-state index is 0.300. The number of hydrogen-bond acceptors (Lipinski definition) is 4. The molecule has 0 saturated carbocycles. The number of benzene rings is 1. The molecule has 0 unspecified atom stereocenters. The molecule has 0 aliphatic carbocycles. The molecule has 1 aromatic rings. The molecule has 23 heavy (non-hydrogen) atoms. The third-order valence-electron chi connectivity index (χ3n) is 4.45. The number of anilines is 1. The van der Waals surface area contributed by atoms with Crippen LogP contribution in [0.4, 0.5) is 5.69 Å². The standard InChI is InChI=1S/C16H20ClN3O3/c1-3-19-6-8-20(9-7-19)15(22)16(2)14(21)18-12-10-11(17)4-5-13(12)23-16/h4-5,10H,3,6-9H2,1-2H3,(H,18,21)/t16-/m0/s1. The van der Waals surface area contributed by atoms with Crippen molar-refractivity contribution in [2.75, 3.05) is 38.0 Å². The van der Waals surface area contributed by atoms with E-state index >= 15 is 0 Å². The zero-order valence-electron chi connectivity index (χ0n) is 13.3. The van der Waals surface area contributed by atoms with Crippen molar-refractivity contribution in [1.29, 1.82) is 0 Å². The molecule has 0 spiro atoms. The second-order valence-electron chi connectivity index (χ2n) is 5.96. The van der Waals surface area contributed by atoms with Crippen molar-refractivity contribution in [1.82, 2.24) is 9.80 Å². The minimum Gasteiger partial charge on any atom is -0.466 e. The van der Waals surface area contributed by atoms with E-state index in [1.54, 1.807) is 23.1 Å². The van der Waals surface area contributed by atoms with E-state index in [0.29, 0.717) is 29.5 Å². The number of ether oxygens (including phenoxy) is 1. The molecule has 0 radical (unpaired) electrons. The highest BCUT2D eigenvalue weighted by Crippen LogP contribution is 2.36. The second kappa shape index (κ2) is 6.02. The first-order valence-electron chi connectivity index (χ1n) is 7.76. The van der Waals surface area contributed by atoms with Crippen molar-refractivity contribution >= 4 is 29.1 Å². The molecule has 1 atom stereocenters. The number of nitrogens with one attached hydrogen (secondary N) is 1. The van der Waals surface area contributed by atoms with Crippen LogP contribution in [0.2, 0.25) is 5.02 Å². The zero-order valence-corrected chi connectivity index (χ0v) is 14.0. The number of fused-ring (bicyclic) bond motifs is 1. The summed E-state index contributed by atoms with van der Waals surface area (Å²) in [5, 5.41) is 3.22. The van der Waals surface area contributed by atoms with Gasteiger partial charge in [-0.25, -0.2) is 0 Å². The molecule has 2 amide bonds. The van der Waals surface area contributed by atoms with Gasteiger partial charge in [-0.3, -0.25) is 9.59 Å². The van der Waals surface area contributed by atoms with E-state index in [0.717, 1.165) is 19.6 Å². The van der Waals surface area contributed by atoms with Gasteiger partial charge in [-0.15, -0.1) is 0 Å². The summed E-state index contributed by atoms with van der Waals surface area (Å²) in [5.41, 5.74) is -1.06. The molecule has 2 aliphatic rings. The number of likely N-dealkylation sites (N-methyl/N-ethyl adjacent to an activating group) is 1. The van der Waals surface area contributed by atoms with Crippen LogP contribution >= 0.6 is 11.6 Å². The Morgan fingerprint density at radius 3 is 2.70 bits per heavy atom. The number of hydrogen-bond donors (Lipinski definition) is 1. The third-order valence-corrected chi connectivity index (χ3v) is 4.69. The van der Waals surface area contributed by atoms with Crippen LogP contribution in [0.15, 0.2) is 18.2 Å². The molecule has 2 aliphatic heterocycles. The fourth-order valence-electron chi connectivity index (χ4n) is 2.91. The fourth-order valence-corrected chi connectivity index (χ4v) is 3.08. The molecule has 2 heterocycles. The molecular formula is C16H20ClN3O3. The van der Waals surface area contributed by atoms with E-state index in [1.807, 2.05) is 0 Å². The normalized spacial score (nSPS) is 24.7. The van der Waals surface area contributed by atoms with Crippen LogP contribution in [-0.4, -0.2) is 59.9 Å². The number of carbonyl (C=O) groups excluding carboxylic acids is 2. The summed E-state index contributed by atoms with van der Waals surface area (Å²) in [4.78, 5) is 29.3. The smallest absolute Gasteiger partial charge is 0.278 e. The molecule has 0 bridgehead atoms. The quantitative estimate of drug-likeness (QED) is 0.833. The van der Waals surface area contributed by atoms with Gasteiger partial charge in [-0.1, -0.05) is 18.5 Å². The van der Waals surface area contributed by atoms with Gasteiger partial charge >= 0.3 is 0 Å². The lowest BCUT2D eigenvalue weighted by Gasteiger charge is -2.40. The van der Waals surface area contributed by atoms with Gasteiger partial charge in [-0.2, -0.15) is 0 Å². The van der Waals surface area contributed by atoms with E-state index in [2.05, 4.69) is 17.1 Å². The van der Waals surface area contributed by atoms with Crippen LogP contribution in [0.5, 0.6) is 5.75 Å². The van der Waals surface area contributed by atoms with Gasteiger partial charge in [0.05, 0.1) is 5.69 Å². The van der Waals surface area contributed by atoms with Gasteiger partial charge in [0.25, 0.3) is 17.4 Å². The van der Waals surface area contributed by atoms with Gasteiger partial charge in [-0.05, 0) is 31.7 Å². The lowest BCUT2D eigenvalue weighted by molar-refractivity contribution is -0.155. The highest BCUT2D eigenvalue weighted by Gasteiger charge is 2.49. The fraction of sp³-hybridized carbons (Fsp3) is 0.500. The molecule has 0 aromatic heterocycles. The summed E-state index contributed by atoms with van der Waals surface area (Å²) in [6, 6.07) is 4.94. The average molecular weight is 338 g/mol. The van der Waals surface area contributed by atoms with Gasteiger partial charge in [0.2, 0.25) is 0 Å². The molecule has 1 aromatic carbocycles. The molecule has 124 valence electrons. The summed E-state index contributed by atoms with van der Waals surface area (Å²) in [5.74, 6) is -0.307. The zero-order chi connectivity index (χ0) is 16.6. The lowest BCUT2D eigenvalue weighted by atomic mass is 10.00. The predicted octanol–water partition coefficient (Wildman–Crippen LogP) is 1.59. The Morgan fingerprint density at radius 1 is 1.35 bits per heavy atom. The number of piperazine rings is 1. The Hall–Kier alpha value is -1.79. The van der Waals surface area contributed by atoms with Gasteiger partial charge < -0.3 is 19.9 Å². The summed E-state index contributed by atoms with van der Waals surface area (Å²) >= 11 is 5.92. The second-order valence-corrected chi connectivity index (χ2v) is 6.39. The van der Waals surface area contributed by atoms with Crippen molar-refractivity contribution in [3.8, 4) is 5.75 Å². The third kappa shape index (κ3) is 2.88. The molecule has 1 saturated heterocycles. The number of nitrogens with zero attached hydrogens (tertiary/aromatic N) is 2. The van der Waals surface area contributed by atoms with Crippen LogP contribution < -0.4 is 10.1 Å². The van der Waals surface area contributed by atoms with E-state index in [-0.39, 0.29) is 5.91 Å². The highest BCUT2D eigenvalue weighted by molar-refractivity contribution is 6.31. The maximum absolute atomic E-state index is 12.9. The SMILES string of the molecule is CCN1CCN(C(=O)[C@@]2(C)Oc3ccc(Cl)cc3NC2=O)CC1. The van der Waals surface area contributed by atoms with Crippen molar-refractivity contribution in [2.45, 2.75) is 19.4 Å². The molecule has 3 rings (SSSR count). The van der Waals surface area contributed by atoms with E-state index in [1.165, 1.54) is 6.92 Å². The van der Waals surface area contributed by atoms with Gasteiger partial charge in [0, 0.05) is 31.2 Å². The number of amides is 2. The van der Waals surface area contributed by atoms with E-state index < -0.39 is 11.5 Å². The minimum atomic E-state index is -1.55. The largest absolute Gasteiger partial charge is 0.466 e. The predicted molar refractivity (Wildman–Crippen MR) is 87.8 cm³/mol. The summed E-state index contributed by atoms with van der Waals surface area (Å²) in [6.07, 6.45) is 0. The lowest BCUT2D eigenvalue weighted by Crippen LogP contribution is -2.62. The van der Waals surface area contributed by atoms with Crippen molar-refractivity contribution in [3.05, 3.63) is 23.2 Å². The van der Waals surface area contributed by atoms with E-state index in [9.17, 15) is 9.59 Å². The maximum Gasteiger partial charge on any atom is 0.278 e. The van der Waals surface area contributed by atoms with Crippen LogP contribution in [0.3, 0.4) is 0 Å². The van der Waals surface area contributed by atoms with Crippen LogP contribution in [0, 0.1) is 0 Å². The Balaban J connectivity index is 1.80. The number of rotatable bonds is 2. The Morgan fingerprint density at radius 2 is 2.04 bits per heavy atom. The van der Waals surface area contributed by atoms with Crippen LogP contribution in [-0.2, 0) is 9.59 Å². The Labute approximate surface area is 140 Å². The average Bonchev–Trinajstić information content (AvgIpc) is 2.56. The van der Waals surface area contributed by atoms with Gasteiger partial charge in [0.15, 0.2) is 0 Å². The molecule has 1 fully saturated rings. The van der Waals surface area contributed by atoms with Crippen molar-refractivity contribution < 1.29 is 14.3 Å². The molecule has 7 heteroatoms. The first-order valence-corrected chi connectivity index (χ1v) is 8.13. The van der Waals surface area contributed by atoms with Crippen molar-refractivity contribution in [2.24, 2.45) is 0 Å². The summed E-state index contributed by atoms with van der Waals surface area (Å²) in [7, 11) is 0. The first-order chi connectivity index (χ1) is 10.9. The first kappa shape index (κ1) is 16.1. The highest BCUT2D eigenvalue weighted by atomic mass is 35.5. The Kier molecular flexibility index (Phi) is 4.21. The maximum atomic E-state index is 12.9. The molecular weight excluding hydrogens is 318 g/mol. The summed E-state index contributed by atoms with van der Waals surface area (Å²) < 4.78 is 5.78.